The molecule has 0 saturated carbocycles. The number of nitrogens with one attached hydrogen (secondary N) is 1. The van der Waals surface area contributed by atoms with Crippen LogP contribution in [0.1, 0.15) is 17.4 Å². The smallest absolute Gasteiger partial charge is 0.0897 e. The summed E-state index contributed by atoms with van der Waals surface area (Å²) in [6.07, 6.45) is 0.384. The largest absolute Gasteiger partial charge is 0.388 e. The van der Waals surface area contributed by atoms with Crippen LogP contribution in [0.2, 0.25) is 0 Å². The summed E-state index contributed by atoms with van der Waals surface area (Å²) >= 11 is 1.60. The van der Waals surface area contributed by atoms with Crippen molar-refractivity contribution in [2.45, 2.75) is 18.6 Å². The van der Waals surface area contributed by atoms with E-state index in [9.17, 15) is 5.11 Å². The minimum absolute atomic E-state index is 0.292. The molecule has 1 saturated heterocycles. The Labute approximate surface area is 87.7 Å². The number of ether oxygens (including phenoxy) is 1. The lowest BCUT2D eigenvalue weighted by Gasteiger charge is -2.25. The van der Waals surface area contributed by atoms with Crippen molar-refractivity contribution in [2.75, 3.05) is 19.8 Å². The van der Waals surface area contributed by atoms with Gasteiger partial charge in [-0.1, -0.05) is 6.07 Å². The van der Waals surface area contributed by atoms with Gasteiger partial charge in [0, 0.05) is 17.5 Å². The van der Waals surface area contributed by atoms with Crippen LogP contribution in [0.5, 0.6) is 0 Å². The van der Waals surface area contributed by atoms with Gasteiger partial charge in [-0.05, 0) is 17.9 Å². The first kappa shape index (κ1) is 10.1. The van der Waals surface area contributed by atoms with Crippen molar-refractivity contribution in [3.63, 3.8) is 0 Å². The van der Waals surface area contributed by atoms with E-state index in [2.05, 4.69) is 5.32 Å². The van der Waals surface area contributed by atoms with Crippen LogP contribution in [0.3, 0.4) is 0 Å². The van der Waals surface area contributed by atoms with Gasteiger partial charge in [-0.15, -0.1) is 11.3 Å². The Bertz CT molecular complexity index is 257. The van der Waals surface area contributed by atoms with Crippen molar-refractivity contribution in [2.24, 2.45) is 0 Å². The summed E-state index contributed by atoms with van der Waals surface area (Å²) < 4.78 is 5.33. The van der Waals surface area contributed by atoms with Crippen molar-refractivity contribution in [3.8, 4) is 0 Å². The Balaban J connectivity index is 1.84. The van der Waals surface area contributed by atoms with Crippen LogP contribution in [-0.2, 0) is 4.74 Å². The first-order valence-electron chi connectivity index (χ1n) is 4.89. The molecule has 0 amide bonds. The molecule has 2 atom stereocenters. The average Bonchev–Trinajstić information content (AvgIpc) is 2.72. The predicted octanol–water partition coefficient (Wildman–Crippen LogP) is 1.16. The summed E-state index contributed by atoms with van der Waals surface area (Å²) in [6.45, 7) is 2.38. The number of rotatable bonds is 3. The molecule has 1 aliphatic heterocycles. The fourth-order valence-electron chi connectivity index (χ4n) is 1.64. The van der Waals surface area contributed by atoms with E-state index in [0.29, 0.717) is 12.6 Å². The highest BCUT2D eigenvalue weighted by atomic mass is 32.1. The van der Waals surface area contributed by atoms with Crippen LogP contribution in [0.15, 0.2) is 17.5 Å². The second-order valence-corrected chi connectivity index (χ2v) is 4.47. The van der Waals surface area contributed by atoms with Crippen LogP contribution in [0, 0.1) is 0 Å². The topological polar surface area (TPSA) is 41.5 Å². The van der Waals surface area contributed by atoms with Gasteiger partial charge in [-0.2, -0.15) is 0 Å². The van der Waals surface area contributed by atoms with E-state index in [0.717, 1.165) is 24.4 Å². The molecule has 1 aromatic rings. The zero-order valence-electron chi connectivity index (χ0n) is 7.98. The molecule has 0 spiro atoms. The van der Waals surface area contributed by atoms with E-state index in [1.54, 1.807) is 11.3 Å². The maximum absolute atomic E-state index is 9.88. The second kappa shape index (κ2) is 4.89. The molecule has 1 aromatic heterocycles. The third kappa shape index (κ3) is 2.54. The quantitative estimate of drug-likeness (QED) is 0.791. The van der Waals surface area contributed by atoms with Crippen molar-refractivity contribution in [1.82, 2.24) is 5.32 Å². The molecule has 0 unspecified atom stereocenters. The molecule has 2 N–H and O–H groups in total. The fourth-order valence-corrected chi connectivity index (χ4v) is 2.36. The molecule has 0 aliphatic carbocycles. The first-order valence-corrected chi connectivity index (χ1v) is 5.77. The van der Waals surface area contributed by atoms with Crippen molar-refractivity contribution >= 4 is 11.3 Å². The van der Waals surface area contributed by atoms with Gasteiger partial charge in [0.2, 0.25) is 0 Å². The zero-order valence-corrected chi connectivity index (χ0v) is 8.80. The number of aliphatic hydroxyl groups is 1. The molecule has 2 heterocycles. The lowest BCUT2D eigenvalue weighted by Crippen LogP contribution is -2.41. The summed E-state index contributed by atoms with van der Waals surface area (Å²) in [4.78, 5) is 1.04. The number of thiophene rings is 1. The van der Waals surface area contributed by atoms with Gasteiger partial charge in [0.05, 0.1) is 19.3 Å². The summed E-state index contributed by atoms with van der Waals surface area (Å²) in [7, 11) is 0. The van der Waals surface area contributed by atoms with E-state index in [-0.39, 0.29) is 6.10 Å². The number of aliphatic hydroxyl groups excluding tert-OH is 1. The highest BCUT2D eigenvalue weighted by Crippen LogP contribution is 2.23. The summed E-state index contributed by atoms with van der Waals surface area (Å²) in [5.74, 6) is 0. The van der Waals surface area contributed by atoms with Gasteiger partial charge in [0.1, 0.15) is 0 Å². The van der Waals surface area contributed by atoms with Crippen molar-refractivity contribution < 1.29 is 9.84 Å². The van der Waals surface area contributed by atoms with Crippen molar-refractivity contribution in [1.29, 1.82) is 0 Å². The molecular formula is C10H15NO2S. The molecule has 1 fully saturated rings. The summed E-state index contributed by atoms with van der Waals surface area (Å²) in [5, 5.41) is 15.2. The van der Waals surface area contributed by atoms with Gasteiger partial charge in [0.25, 0.3) is 0 Å². The molecule has 4 heteroatoms. The highest BCUT2D eigenvalue weighted by molar-refractivity contribution is 7.10. The van der Waals surface area contributed by atoms with Gasteiger partial charge in [-0.3, -0.25) is 0 Å². The molecule has 2 rings (SSSR count). The Morgan fingerprint density at radius 3 is 3.29 bits per heavy atom. The van der Waals surface area contributed by atoms with Gasteiger partial charge in [-0.25, -0.2) is 0 Å². The minimum atomic E-state index is -0.353. The van der Waals surface area contributed by atoms with E-state index in [1.807, 2.05) is 17.5 Å². The highest BCUT2D eigenvalue weighted by Gasteiger charge is 2.18. The normalized spacial score (nSPS) is 24.8. The third-order valence-corrected chi connectivity index (χ3v) is 3.35. The lowest BCUT2D eigenvalue weighted by atomic mass is 10.1. The predicted molar refractivity (Wildman–Crippen MR) is 56.5 cm³/mol. The average molecular weight is 213 g/mol. The Morgan fingerprint density at radius 2 is 2.64 bits per heavy atom. The standard InChI is InChI=1S/C10H15NO2S/c12-9(10-2-1-5-14-10)6-8-7-13-4-3-11-8/h1-2,5,8-9,11-12H,3-4,6-7H2/t8-,9-/m0/s1. The molecule has 0 aromatic carbocycles. The fraction of sp³-hybridized carbons (Fsp3) is 0.600. The number of morpholine rings is 1. The Kier molecular flexibility index (Phi) is 3.53. The van der Waals surface area contributed by atoms with Gasteiger partial charge < -0.3 is 15.2 Å². The van der Waals surface area contributed by atoms with Gasteiger partial charge in [0.15, 0.2) is 0 Å². The summed E-state index contributed by atoms with van der Waals surface area (Å²) in [6, 6.07) is 4.23. The zero-order chi connectivity index (χ0) is 9.80. The second-order valence-electron chi connectivity index (χ2n) is 3.49. The lowest BCUT2D eigenvalue weighted by molar-refractivity contribution is 0.0526. The first-order chi connectivity index (χ1) is 6.86. The van der Waals surface area contributed by atoms with E-state index in [4.69, 9.17) is 4.74 Å². The van der Waals surface area contributed by atoms with Crippen LogP contribution in [0.25, 0.3) is 0 Å². The molecule has 0 bridgehead atoms. The third-order valence-electron chi connectivity index (χ3n) is 2.38. The van der Waals surface area contributed by atoms with E-state index >= 15 is 0 Å². The summed E-state index contributed by atoms with van der Waals surface area (Å²) in [5.41, 5.74) is 0. The van der Waals surface area contributed by atoms with E-state index in [1.165, 1.54) is 0 Å². The SMILES string of the molecule is O[C@@H](C[C@H]1COCCN1)c1cccs1. The maximum atomic E-state index is 9.88. The monoisotopic (exact) mass is 213 g/mol. The molecule has 14 heavy (non-hydrogen) atoms. The number of hydrogen-bond acceptors (Lipinski definition) is 4. The van der Waals surface area contributed by atoms with Crippen LogP contribution >= 0.6 is 11.3 Å². The molecule has 1 aliphatic rings. The van der Waals surface area contributed by atoms with E-state index < -0.39 is 0 Å². The molecule has 78 valence electrons. The molecular weight excluding hydrogens is 198 g/mol. The molecule has 3 nitrogen and oxygen atoms in total. The van der Waals surface area contributed by atoms with Crippen LogP contribution < -0.4 is 5.32 Å². The minimum Gasteiger partial charge on any atom is -0.388 e. The van der Waals surface area contributed by atoms with Gasteiger partial charge >= 0.3 is 0 Å². The van der Waals surface area contributed by atoms with Crippen LogP contribution in [0.4, 0.5) is 0 Å². The van der Waals surface area contributed by atoms with Crippen molar-refractivity contribution in [3.05, 3.63) is 22.4 Å². The van der Waals surface area contributed by atoms with Crippen LogP contribution in [-0.4, -0.2) is 30.9 Å². The maximum Gasteiger partial charge on any atom is 0.0897 e. The Morgan fingerprint density at radius 1 is 1.71 bits per heavy atom. The Hall–Kier alpha value is -0.420. The number of hydrogen-bond donors (Lipinski definition) is 2. The molecule has 0 radical (unpaired) electrons.